The van der Waals surface area contributed by atoms with Crippen LogP contribution in [-0.4, -0.2) is 9.78 Å². The predicted octanol–water partition coefficient (Wildman–Crippen LogP) is 3.38. The van der Waals surface area contributed by atoms with Crippen molar-refractivity contribution in [1.29, 1.82) is 0 Å². The van der Waals surface area contributed by atoms with E-state index in [2.05, 4.69) is 46.2 Å². The highest BCUT2D eigenvalue weighted by molar-refractivity contribution is 9.08. The molecule has 0 bridgehead atoms. The van der Waals surface area contributed by atoms with Crippen LogP contribution in [0.2, 0.25) is 0 Å². The Hall–Kier alpha value is -1.09. The number of hydrogen-bond acceptors (Lipinski definition) is 1. The van der Waals surface area contributed by atoms with Crippen LogP contribution in [0.4, 0.5) is 0 Å². The van der Waals surface area contributed by atoms with Crippen molar-refractivity contribution in [1.82, 2.24) is 9.78 Å². The second-order valence-corrected chi connectivity index (χ2v) is 4.21. The first-order valence-corrected chi connectivity index (χ1v) is 6.01. The van der Waals surface area contributed by atoms with Gasteiger partial charge in [0.05, 0.1) is 11.4 Å². The molecule has 0 radical (unpaired) electrons. The molecule has 3 heteroatoms. The second kappa shape index (κ2) is 4.19. The molecule has 0 N–H and O–H groups in total. The second-order valence-electron chi connectivity index (χ2n) is 3.65. The topological polar surface area (TPSA) is 17.8 Å². The van der Waals surface area contributed by atoms with E-state index in [0.717, 1.165) is 16.7 Å². The van der Waals surface area contributed by atoms with E-state index in [1.807, 2.05) is 23.9 Å². The van der Waals surface area contributed by atoms with Gasteiger partial charge in [-0.3, -0.25) is 0 Å². The number of alkyl halides is 1. The number of benzene rings is 1. The Morgan fingerprint density at radius 1 is 1.27 bits per heavy atom. The van der Waals surface area contributed by atoms with Crippen LogP contribution in [-0.2, 0) is 5.33 Å². The molecular weight excluding hydrogens is 252 g/mol. The van der Waals surface area contributed by atoms with Gasteiger partial charge in [0.15, 0.2) is 0 Å². The number of aromatic nitrogens is 2. The highest BCUT2D eigenvalue weighted by Crippen LogP contribution is 2.16. The quantitative estimate of drug-likeness (QED) is 0.761. The van der Waals surface area contributed by atoms with Crippen LogP contribution in [0.5, 0.6) is 0 Å². The molecule has 0 saturated carbocycles. The van der Waals surface area contributed by atoms with Crippen molar-refractivity contribution < 1.29 is 0 Å². The molecule has 2 rings (SSSR count). The van der Waals surface area contributed by atoms with Crippen molar-refractivity contribution in [2.45, 2.75) is 19.2 Å². The van der Waals surface area contributed by atoms with Crippen LogP contribution in [0.25, 0.3) is 5.69 Å². The Labute approximate surface area is 98.1 Å². The molecule has 0 amide bonds. The van der Waals surface area contributed by atoms with Crippen molar-refractivity contribution in [2.24, 2.45) is 0 Å². The molecular formula is C12H13BrN2. The monoisotopic (exact) mass is 264 g/mol. The molecule has 1 heterocycles. The van der Waals surface area contributed by atoms with Gasteiger partial charge in [0, 0.05) is 11.5 Å². The van der Waals surface area contributed by atoms with Crippen molar-refractivity contribution in [3.8, 4) is 5.69 Å². The molecule has 0 aliphatic rings. The van der Waals surface area contributed by atoms with Crippen LogP contribution < -0.4 is 0 Å². The van der Waals surface area contributed by atoms with Crippen molar-refractivity contribution >= 4 is 15.9 Å². The fraction of sp³-hybridized carbons (Fsp3) is 0.250. The Balaban J connectivity index is 2.42. The first-order valence-electron chi connectivity index (χ1n) is 4.89. The average molecular weight is 265 g/mol. The van der Waals surface area contributed by atoms with E-state index in [4.69, 9.17) is 0 Å². The zero-order valence-electron chi connectivity index (χ0n) is 8.87. The summed E-state index contributed by atoms with van der Waals surface area (Å²) in [7, 11) is 0. The minimum Gasteiger partial charge on any atom is -0.241 e. The zero-order chi connectivity index (χ0) is 10.8. The third-order valence-corrected chi connectivity index (χ3v) is 3.06. The fourth-order valence-electron chi connectivity index (χ4n) is 1.53. The van der Waals surface area contributed by atoms with Gasteiger partial charge in [0.25, 0.3) is 0 Å². The van der Waals surface area contributed by atoms with Gasteiger partial charge in [-0.2, -0.15) is 5.10 Å². The molecule has 0 atom stereocenters. The minimum absolute atomic E-state index is 0.900. The van der Waals surface area contributed by atoms with E-state index in [1.54, 1.807) is 0 Å². The lowest BCUT2D eigenvalue weighted by Gasteiger charge is -2.06. The lowest BCUT2D eigenvalue weighted by Crippen LogP contribution is -1.96. The van der Waals surface area contributed by atoms with Crippen molar-refractivity contribution in [3.63, 3.8) is 0 Å². The van der Waals surface area contributed by atoms with Crippen LogP contribution in [0.3, 0.4) is 0 Å². The minimum atomic E-state index is 0.900. The number of hydrogen-bond donors (Lipinski definition) is 0. The van der Waals surface area contributed by atoms with Crippen molar-refractivity contribution in [2.75, 3.05) is 0 Å². The highest BCUT2D eigenvalue weighted by atomic mass is 79.9. The van der Waals surface area contributed by atoms with Gasteiger partial charge in [-0.05, 0) is 43.2 Å². The maximum Gasteiger partial charge on any atom is 0.0648 e. The molecule has 1 aromatic carbocycles. The van der Waals surface area contributed by atoms with Gasteiger partial charge in [-0.25, -0.2) is 4.68 Å². The van der Waals surface area contributed by atoms with Crippen LogP contribution in [0, 0.1) is 13.8 Å². The third-order valence-electron chi connectivity index (χ3n) is 2.46. The summed E-state index contributed by atoms with van der Waals surface area (Å²) in [6.07, 6.45) is 1.98. The third kappa shape index (κ3) is 2.12. The van der Waals surface area contributed by atoms with Gasteiger partial charge in [0.2, 0.25) is 0 Å². The Bertz CT molecular complexity index is 474. The first kappa shape index (κ1) is 10.4. The van der Waals surface area contributed by atoms with Gasteiger partial charge in [0.1, 0.15) is 0 Å². The Kier molecular flexibility index (Phi) is 2.91. The van der Waals surface area contributed by atoms with Crippen LogP contribution in [0.1, 0.15) is 16.8 Å². The number of halogens is 1. The van der Waals surface area contributed by atoms with E-state index in [0.29, 0.717) is 0 Å². The summed E-state index contributed by atoms with van der Waals surface area (Å²) in [5.74, 6) is 0. The smallest absolute Gasteiger partial charge is 0.0648 e. The maximum absolute atomic E-state index is 4.38. The molecule has 0 unspecified atom stereocenters. The summed E-state index contributed by atoms with van der Waals surface area (Å²) in [5.41, 5.74) is 4.77. The van der Waals surface area contributed by atoms with Gasteiger partial charge < -0.3 is 0 Å². The molecule has 0 spiro atoms. The van der Waals surface area contributed by atoms with Gasteiger partial charge in [-0.15, -0.1) is 0 Å². The predicted molar refractivity (Wildman–Crippen MR) is 65.7 cm³/mol. The number of rotatable bonds is 2. The Morgan fingerprint density at radius 3 is 2.60 bits per heavy atom. The lowest BCUT2D eigenvalue weighted by molar-refractivity contribution is 0.860. The summed E-state index contributed by atoms with van der Waals surface area (Å²) in [4.78, 5) is 0. The van der Waals surface area contributed by atoms with E-state index in [9.17, 15) is 0 Å². The molecule has 2 aromatic rings. The molecule has 0 aliphatic heterocycles. The lowest BCUT2D eigenvalue weighted by atomic mass is 10.1. The standard InChI is InChI=1S/C12H13BrN2/c1-9-7-12(4-3-11(9)8-13)15-6-5-10(2)14-15/h3-7H,8H2,1-2H3. The van der Waals surface area contributed by atoms with E-state index >= 15 is 0 Å². The van der Waals surface area contributed by atoms with Gasteiger partial charge in [-0.1, -0.05) is 22.0 Å². The SMILES string of the molecule is Cc1ccn(-c2ccc(CBr)c(C)c2)n1. The average Bonchev–Trinajstić information content (AvgIpc) is 2.65. The Morgan fingerprint density at radius 2 is 2.07 bits per heavy atom. The van der Waals surface area contributed by atoms with Gasteiger partial charge >= 0.3 is 0 Å². The highest BCUT2D eigenvalue weighted by Gasteiger charge is 2.01. The molecule has 0 saturated heterocycles. The zero-order valence-corrected chi connectivity index (χ0v) is 10.5. The summed E-state index contributed by atoms with van der Waals surface area (Å²) < 4.78 is 1.90. The van der Waals surface area contributed by atoms with Crippen LogP contribution in [0.15, 0.2) is 30.5 Å². The van der Waals surface area contributed by atoms with Crippen LogP contribution >= 0.6 is 15.9 Å². The summed E-state index contributed by atoms with van der Waals surface area (Å²) in [6, 6.07) is 8.39. The summed E-state index contributed by atoms with van der Waals surface area (Å²) >= 11 is 3.47. The molecule has 0 fully saturated rings. The molecule has 78 valence electrons. The van der Waals surface area contributed by atoms with E-state index in [1.165, 1.54) is 11.1 Å². The molecule has 0 aliphatic carbocycles. The summed E-state index contributed by atoms with van der Waals surface area (Å²) in [5, 5.41) is 5.28. The summed E-state index contributed by atoms with van der Waals surface area (Å²) in [6.45, 7) is 4.12. The number of aryl methyl sites for hydroxylation is 2. The van der Waals surface area contributed by atoms with E-state index in [-0.39, 0.29) is 0 Å². The van der Waals surface area contributed by atoms with E-state index < -0.39 is 0 Å². The molecule has 2 nitrogen and oxygen atoms in total. The first-order chi connectivity index (χ1) is 7.20. The largest absolute Gasteiger partial charge is 0.241 e. The van der Waals surface area contributed by atoms with Crippen molar-refractivity contribution in [3.05, 3.63) is 47.3 Å². The fourth-order valence-corrected chi connectivity index (χ4v) is 2.16. The molecule has 15 heavy (non-hydrogen) atoms. The maximum atomic E-state index is 4.38. The number of nitrogens with zero attached hydrogens (tertiary/aromatic N) is 2. The normalized spacial score (nSPS) is 10.6. The molecule has 1 aromatic heterocycles.